The molecule has 0 saturated heterocycles. The van der Waals surface area contributed by atoms with E-state index < -0.39 is 0 Å². The van der Waals surface area contributed by atoms with Crippen LogP contribution in [0, 0.1) is 6.92 Å². The fraction of sp³-hybridized carbons (Fsp3) is 0.0204. The Kier molecular flexibility index (Phi) is 7.56. The van der Waals surface area contributed by atoms with E-state index in [4.69, 9.17) is 0 Å². The molecule has 0 atom stereocenters. The molecule has 51 heavy (non-hydrogen) atoms. The molecule has 0 bridgehead atoms. The number of para-hydroxylation sites is 2. The summed E-state index contributed by atoms with van der Waals surface area (Å²) in [5.41, 5.74) is 14.1. The van der Waals surface area contributed by atoms with E-state index in [9.17, 15) is 0 Å². The first-order valence-electron chi connectivity index (χ1n) is 17.5. The smallest absolute Gasteiger partial charge is 0.0541 e. The van der Waals surface area contributed by atoms with Gasteiger partial charge in [0.2, 0.25) is 0 Å². The van der Waals surface area contributed by atoms with Crippen LogP contribution in [0.25, 0.3) is 66.6 Å². The van der Waals surface area contributed by atoms with Crippen LogP contribution in [0.1, 0.15) is 11.1 Å². The molecule has 242 valence electrons. The highest BCUT2D eigenvalue weighted by molar-refractivity contribution is 6.09. The summed E-state index contributed by atoms with van der Waals surface area (Å²) in [6.45, 7) is 6.02. The van der Waals surface area contributed by atoms with Gasteiger partial charge in [-0.3, -0.25) is 0 Å². The number of fused-ring (bicyclic) bond motifs is 4. The SMILES string of the molecule is C=Cc1ccc(-c2ccc(N(c3ccc(-c4ccc(C)cc4)cc3)c3ccc4cc(-n5c6ccccc6c6ccccc65)ccc4c3)cc2)cc1. The van der Waals surface area contributed by atoms with Gasteiger partial charge in [-0.05, 0) is 106 Å². The third-order valence-corrected chi connectivity index (χ3v) is 10.0. The molecule has 0 unspecified atom stereocenters. The Morgan fingerprint density at radius 1 is 0.451 bits per heavy atom. The highest BCUT2D eigenvalue weighted by Gasteiger charge is 2.16. The molecule has 9 rings (SSSR count). The van der Waals surface area contributed by atoms with Crippen LogP contribution < -0.4 is 4.90 Å². The van der Waals surface area contributed by atoms with E-state index in [1.807, 2.05) is 6.08 Å². The van der Waals surface area contributed by atoms with Crippen LogP contribution in [0.15, 0.2) is 189 Å². The average Bonchev–Trinajstić information content (AvgIpc) is 3.53. The van der Waals surface area contributed by atoms with Crippen molar-refractivity contribution in [1.82, 2.24) is 4.57 Å². The van der Waals surface area contributed by atoms with E-state index in [1.165, 1.54) is 60.4 Å². The van der Waals surface area contributed by atoms with Gasteiger partial charge in [0.25, 0.3) is 0 Å². The fourth-order valence-electron chi connectivity index (χ4n) is 7.31. The number of hydrogen-bond acceptors (Lipinski definition) is 1. The van der Waals surface area contributed by atoms with Gasteiger partial charge in [0.05, 0.1) is 11.0 Å². The van der Waals surface area contributed by atoms with E-state index in [0.717, 1.165) is 28.3 Å². The van der Waals surface area contributed by atoms with Crippen molar-refractivity contribution in [3.05, 3.63) is 200 Å². The summed E-state index contributed by atoms with van der Waals surface area (Å²) in [5, 5.41) is 4.93. The van der Waals surface area contributed by atoms with Gasteiger partial charge in [0, 0.05) is 33.5 Å². The predicted octanol–water partition coefficient (Wildman–Crippen LogP) is 13.7. The highest BCUT2D eigenvalue weighted by atomic mass is 15.1. The minimum absolute atomic E-state index is 1.10. The molecule has 0 aliphatic heterocycles. The van der Waals surface area contributed by atoms with Crippen LogP contribution in [0.3, 0.4) is 0 Å². The Labute approximate surface area is 298 Å². The first kappa shape index (κ1) is 30.4. The molecule has 1 heterocycles. The maximum atomic E-state index is 3.90. The lowest BCUT2D eigenvalue weighted by molar-refractivity contribution is 1.19. The van der Waals surface area contributed by atoms with Crippen LogP contribution in [0.2, 0.25) is 0 Å². The fourth-order valence-corrected chi connectivity index (χ4v) is 7.31. The molecule has 0 aliphatic carbocycles. The first-order chi connectivity index (χ1) is 25.1. The zero-order valence-electron chi connectivity index (χ0n) is 28.5. The number of aromatic nitrogens is 1. The van der Waals surface area contributed by atoms with Crippen molar-refractivity contribution in [2.75, 3.05) is 4.90 Å². The molecule has 1 aromatic heterocycles. The van der Waals surface area contributed by atoms with Gasteiger partial charge in [-0.2, -0.15) is 0 Å². The minimum Gasteiger partial charge on any atom is -0.310 e. The molecule has 0 spiro atoms. The standard InChI is InChI=1S/C49H36N2/c1-3-35-14-18-37(19-15-35)39-22-28-43(29-23-39)50(42-26-20-38(21-27-42)36-16-12-34(2)13-17-36)44-30-24-41-33-45(31-25-40(41)32-44)51-48-10-6-4-8-46(48)47-9-5-7-11-49(47)51/h3-33H,1H2,2H3. The molecule has 0 fully saturated rings. The summed E-state index contributed by atoms with van der Waals surface area (Å²) < 4.78 is 2.38. The van der Waals surface area contributed by atoms with Crippen molar-refractivity contribution in [2.45, 2.75) is 6.92 Å². The minimum atomic E-state index is 1.10. The Bertz CT molecular complexity index is 2630. The zero-order chi connectivity index (χ0) is 34.3. The maximum absolute atomic E-state index is 3.90. The molecular weight excluding hydrogens is 617 g/mol. The molecule has 8 aromatic carbocycles. The number of aryl methyl sites for hydroxylation is 1. The van der Waals surface area contributed by atoms with Gasteiger partial charge in [-0.1, -0.05) is 140 Å². The van der Waals surface area contributed by atoms with E-state index in [2.05, 4.69) is 205 Å². The van der Waals surface area contributed by atoms with Crippen molar-refractivity contribution in [1.29, 1.82) is 0 Å². The van der Waals surface area contributed by atoms with Crippen LogP contribution in [-0.2, 0) is 0 Å². The number of rotatable bonds is 7. The van der Waals surface area contributed by atoms with Crippen molar-refractivity contribution in [3.8, 4) is 27.9 Å². The van der Waals surface area contributed by atoms with E-state index in [1.54, 1.807) is 0 Å². The van der Waals surface area contributed by atoms with Gasteiger partial charge in [0.15, 0.2) is 0 Å². The Hall–Kier alpha value is -6.64. The molecular formula is C49H36N2. The Balaban J connectivity index is 1.13. The second-order valence-electron chi connectivity index (χ2n) is 13.2. The molecule has 0 radical (unpaired) electrons. The van der Waals surface area contributed by atoms with Crippen LogP contribution in [-0.4, -0.2) is 4.57 Å². The number of hydrogen-bond donors (Lipinski definition) is 0. The average molecular weight is 653 g/mol. The lowest BCUT2D eigenvalue weighted by atomic mass is 10.0. The van der Waals surface area contributed by atoms with Crippen molar-refractivity contribution in [3.63, 3.8) is 0 Å². The number of benzene rings is 8. The number of nitrogens with zero attached hydrogens (tertiary/aromatic N) is 2. The van der Waals surface area contributed by atoms with E-state index in [0.29, 0.717) is 0 Å². The lowest BCUT2D eigenvalue weighted by Crippen LogP contribution is -2.09. The summed E-state index contributed by atoms with van der Waals surface area (Å²) in [7, 11) is 0. The lowest BCUT2D eigenvalue weighted by Gasteiger charge is -2.26. The summed E-state index contributed by atoms with van der Waals surface area (Å²) in [6, 6.07) is 66.0. The summed E-state index contributed by atoms with van der Waals surface area (Å²) in [4.78, 5) is 2.35. The second-order valence-corrected chi connectivity index (χ2v) is 13.2. The largest absolute Gasteiger partial charge is 0.310 e. The molecule has 0 aliphatic rings. The third-order valence-electron chi connectivity index (χ3n) is 10.0. The first-order valence-corrected chi connectivity index (χ1v) is 17.5. The zero-order valence-corrected chi connectivity index (χ0v) is 28.5. The van der Waals surface area contributed by atoms with Gasteiger partial charge in [0.1, 0.15) is 0 Å². The second kappa shape index (κ2) is 12.7. The predicted molar refractivity (Wildman–Crippen MR) is 219 cm³/mol. The summed E-state index contributed by atoms with van der Waals surface area (Å²) >= 11 is 0. The van der Waals surface area contributed by atoms with Gasteiger partial charge < -0.3 is 9.47 Å². The Morgan fingerprint density at radius 3 is 1.45 bits per heavy atom. The highest BCUT2D eigenvalue weighted by Crippen LogP contribution is 2.39. The van der Waals surface area contributed by atoms with Crippen molar-refractivity contribution in [2.24, 2.45) is 0 Å². The van der Waals surface area contributed by atoms with Crippen LogP contribution >= 0.6 is 0 Å². The number of anilines is 3. The van der Waals surface area contributed by atoms with Crippen molar-refractivity contribution < 1.29 is 0 Å². The summed E-state index contributed by atoms with van der Waals surface area (Å²) in [6.07, 6.45) is 1.88. The van der Waals surface area contributed by atoms with Gasteiger partial charge in [-0.15, -0.1) is 0 Å². The van der Waals surface area contributed by atoms with Crippen LogP contribution in [0.5, 0.6) is 0 Å². The molecule has 9 aromatic rings. The molecule has 2 heteroatoms. The van der Waals surface area contributed by atoms with Gasteiger partial charge >= 0.3 is 0 Å². The van der Waals surface area contributed by atoms with Gasteiger partial charge in [-0.25, -0.2) is 0 Å². The quantitative estimate of drug-likeness (QED) is 0.166. The summed E-state index contributed by atoms with van der Waals surface area (Å²) in [5.74, 6) is 0. The maximum Gasteiger partial charge on any atom is 0.0541 e. The molecule has 2 nitrogen and oxygen atoms in total. The van der Waals surface area contributed by atoms with Crippen molar-refractivity contribution >= 4 is 55.7 Å². The topological polar surface area (TPSA) is 8.17 Å². The molecule has 0 amide bonds. The monoisotopic (exact) mass is 652 g/mol. The molecule has 0 N–H and O–H groups in total. The van der Waals surface area contributed by atoms with Crippen LogP contribution in [0.4, 0.5) is 17.1 Å². The van der Waals surface area contributed by atoms with E-state index in [-0.39, 0.29) is 0 Å². The molecule has 0 saturated carbocycles. The Morgan fingerprint density at radius 2 is 0.902 bits per heavy atom. The normalized spacial score (nSPS) is 11.3. The van der Waals surface area contributed by atoms with E-state index >= 15 is 0 Å². The third kappa shape index (κ3) is 5.57.